The van der Waals surface area contributed by atoms with Gasteiger partial charge < -0.3 is 4.90 Å². The van der Waals surface area contributed by atoms with Gasteiger partial charge in [0.15, 0.2) is 0 Å². The van der Waals surface area contributed by atoms with Crippen LogP contribution in [0, 0.1) is 6.92 Å². The van der Waals surface area contributed by atoms with Crippen LogP contribution in [-0.2, 0) is 17.6 Å². The Labute approximate surface area is 212 Å². The first-order valence-electron chi connectivity index (χ1n) is 11.8. The normalized spacial score (nSPS) is 11.5. The van der Waals surface area contributed by atoms with Crippen molar-refractivity contribution in [3.8, 4) is 22.6 Å². The Balaban J connectivity index is 1.71. The maximum absolute atomic E-state index is 13.0. The Morgan fingerprint density at radius 2 is 1.73 bits per heavy atom. The topological polar surface area (TPSA) is 101 Å². The smallest absolute Gasteiger partial charge is 0.341 e. The highest BCUT2D eigenvalue weighted by Crippen LogP contribution is 2.30. The number of halogens is 3. The third kappa shape index (κ3) is 6.96. The maximum atomic E-state index is 13.0. The molecule has 4 rings (SSSR count). The predicted molar refractivity (Wildman–Crippen MR) is 133 cm³/mol. The summed E-state index contributed by atoms with van der Waals surface area (Å²) < 4.78 is 38.9. The van der Waals surface area contributed by atoms with Crippen molar-refractivity contribution < 1.29 is 18.0 Å². The number of ketones is 1. The number of alkyl halides is 3. The number of H-pyrrole nitrogens is 1. The van der Waals surface area contributed by atoms with Gasteiger partial charge >= 0.3 is 6.18 Å². The number of hydrogen-bond acceptors (Lipinski definition) is 7. The number of tetrazole rings is 1. The zero-order valence-electron chi connectivity index (χ0n) is 20.5. The molecule has 0 spiro atoms. The van der Waals surface area contributed by atoms with Crippen LogP contribution in [0.1, 0.15) is 30.2 Å². The van der Waals surface area contributed by atoms with Crippen LogP contribution in [0.2, 0.25) is 0 Å². The van der Waals surface area contributed by atoms with Crippen molar-refractivity contribution in [2.24, 2.45) is 0 Å². The lowest BCUT2D eigenvalue weighted by Crippen LogP contribution is -2.30. The minimum absolute atomic E-state index is 0.0115. The first-order valence-corrected chi connectivity index (χ1v) is 11.8. The molecule has 8 nitrogen and oxygen atoms in total. The average molecular weight is 510 g/mol. The number of Topliss-reactive ketones (excluding diaryl/α,β-unsaturated/α-hetero) is 1. The molecule has 0 aliphatic carbocycles. The molecule has 11 heteroatoms. The Morgan fingerprint density at radius 1 is 1.00 bits per heavy atom. The van der Waals surface area contributed by atoms with Gasteiger partial charge in [-0.25, -0.2) is 9.97 Å². The van der Waals surface area contributed by atoms with Crippen LogP contribution in [-0.4, -0.2) is 55.6 Å². The SMILES string of the molecule is CCN(CCC(F)(F)F)c1nc(CC(=O)Cc2ccc(C)cc2)cc(-c2ccccc2-c2nn[nH]n2)n1. The molecule has 192 valence electrons. The van der Waals surface area contributed by atoms with Gasteiger partial charge in [-0.3, -0.25) is 4.79 Å². The van der Waals surface area contributed by atoms with Crippen molar-refractivity contribution in [1.29, 1.82) is 0 Å². The summed E-state index contributed by atoms with van der Waals surface area (Å²) in [5.41, 5.74) is 4.13. The predicted octanol–water partition coefficient (Wildman–Crippen LogP) is 4.77. The van der Waals surface area contributed by atoms with Crippen LogP contribution in [0.5, 0.6) is 0 Å². The number of nitrogens with one attached hydrogen (secondary N) is 1. The number of anilines is 1. The number of aromatic nitrogens is 6. The molecule has 0 amide bonds. The number of aryl methyl sites for hydroxylation is 1. The number of hydrogen-bond donors (Lipinski definition) is 1. The molecule has 0 bridgehead atoms. The lowest BCUT2D eigenvalue weighted by molar-refractivity contribution is -0.132. The zero-order valence-corrected chi connectivity index (χ0v) is 20.5. The summed E-state index contributed by atoms with van der Waals surface area (Å²) in [4.78, 5) is 23.5. The van der Waals surface area contributed by atoms with E-state index in [4.69, 9.17) is 0 Å². The van der Waals surface area contributed by atoms with Crippen molar-refractivity contribution in [3.05, 3.63) is 71.4 Å². The Bertz CT molecular complexity index is 1340. The van der Waals surface area contributed by atoms with Gasteiger partial charge in [-0.2, -0.15) is 18.4 Å². The van der Waals surface area contributed by atoms with E-state index in [1.165, 1.54) is 4.90 Å². The molecule has 0 atom stereocenters. The summed E-state index contributed by atoms with van der Waals surface area (Å²) in [7, 11) is 0. The number of carbonyl (C=O) groups is 1. The Morgan fingerprint density at radius 3 is 2.38 bits per heavy atom. The molecule has 2 aromatic heterocycles. The van der Waals surface area contributed by atoms with E-state index < -0.39 is 12.6 Å². The number of aromatic amines is 1. The van der Waals surface area contributed by atoms with Crippen molar-refractivity contribution in [2.45, 2.75) is 39.3 Å². The molecule has 37 heavy (non-hydrogen) atoms. The fourth-order valence-electron chi connectivity index (χ4n) is 3.89. The Kier molecular flexibility index (Phi) is 7.90. The summed E-state index contributed by atoms with van der Waals surface area (Å²) in [6.45, 7) is 3.68. The van der Waals surface area contributed by atoms with Gasteiger partial charge in [0, 0.05) is 37.1 Å². The van der Waals surface area contributed by atoms with E-state index in [1.807, 2.05) is 49.4 Å². The lowest BCUT2D eigenvalue weighted by atomic mass is 10.0. The Hall–Kier alpha value is -4.15. The summed E-state index contributed by atoms with van der Waals surface area (Å²) in [6.07, 6.45) is -5.09. The van der Waals surface area contributed by atoms with E-state index in [1.54, 1.807) is 19.1 Å². The number of carbonyl (C=O) groups excluding carboxylic acids is 1. The number of nitrogens with zero attached hydrogens (tertiary/aromatic N) is 6. The second kappa shape index (κ2) is 11.3. The van der Waals surface area contributed by atoms with Gasteiger partial charge in [-0.15, -0.1) is 10.2 Å². The second-order valence-electron chi connectivity index (χ2n) is 8.65. The third-order valence-electron chi connectivity index (χ3n) is 5.79. The van der Waals surface area contributed by atoms with E-state index in [2.05, 4.69) is 30.6 Å². The summed E-state index contributed by atoms with van der Waals surface area (Å²) in [5.74, 6) is 0.409. The first-order chi connectivity index (χ1) is 17.7. The first kappa shape index (κ1) is 25.9. The van der Waals surface area contributed by atoms with E-state index in [0.717, 1.165) is 11.1 Å². The minimum Gasteiger partial charge on any atom is -0.341 e. The molecule has 0 saturated heterocycles. The fraction of sp³-hybridized carbons (Fsp3) is 0.308. The van der Waals surface area contributed by atoms with Crippen LogP contribution in [0.4, 0.5) is 19.1 Å². The molecular weight excluding hydrogens is 483 g/mol. The standard InChI is InChI=1S/C26H26F3N7O/c1-3-36(13-12-26(27,28)29)25-30-19(15-20(37)14-18-10-8-17(2)9-11-18)16-23(31-25)21-6-4-5-7-22(21)24-32-34-35-33-24/h4-11,16H,3,12-15H2,1-2H3,(H,32,33,34,35). The highest BCUT2D eigenvalue weighted by molar-refractivity contribution is 5.84. The second-order valence-corrected chi connectivity index (χ2v) is 8.65. The van der Waals surface area contributed by atoms with Gasteiger partial charge in [0.05, 0.1) is 17.8 Å². The van der Waals surface area contributed by atoms with E-state index >= 15 is 0 Å². The van der Waals surface area contributed by atoms with E-state index in [0.29, 0.717) is 28.3 Å². The van der Waals surface area contributed by atoms with Crippen molar-refractivity contribution in [3.63, 3.8) is 0 Å². The molecule has 0 fully saturated rings. The maximum Gasteiger partial charge on any atom is 0.390 e. The molecule has 0 aliphatic rings. The van der Waals surface area contributed by atoms with Crippen LogP contribution >= 0.6 is 0 Å². The molecule has 0 radical (unpaired) electrons. The monoisotopic (exact) mass is 509 g/mol. The molecule has 4 aromatic rings. The van der Waals surface area contributed by atoms with Crippen molar-refractivity contribution in [2.75, 3.05) is 18.0 Å². The molecule has 0 saturated carbocycles. The van der Waals surface area contributed by atoms with Gasteiger partial charge in [0.25, 0.3) is 0 Å². The van der Waals surface area contributed by atoms with Gasteiger partial charge in [-0.1, -0.05) is 54.1 Å². The van der Waals surface area contributed by atoms with Crippen LogP contribution < -0.4 is 4.90 Å². The van der Waals surface area contributed by atoms with Crippen LogP contribution in [0.25, 0.3) is 22.6 Å². The third-order valence-corrected chi connectivity index (χ3v) is 5.79. The van der Waals surface area contributed by atoms with E-state index in [-0.39, 0.29) is 37.7 Å². The molecule has 1 N–H and O–H groups in total. The van der Waals surface area contributed by atoms with Crippen LogP contribution in [0.3, 0.4) is 0 Å². The van der Waals surface area contributed by atoms with Crippen molar-refractivity contribution >= 4 is 11.7 Å². The fourth-order valence-corrected chi connectivity index (χ4v) is 3.89. The number of rotatable bonds is 10. The summed E-state index contributed by atoms with van der Waals surface area (Å²) >= 11 is 0. The summed E-state index contributed by atoms with van der Waals surface area (Å²) in [6, 6.07) is 16.6. The van der Waals surface area contributed by atoms with Crippen molar-refractivity contribution in [1.82, 2.24) is 30.6 Å². The lowest BCUT2D eigenvalue weighted by Gasteiger charge is -2.23. The van der Waals surface area contributed by atoms with Gasteiger partial charge in [-0.05, 0) is 30.7 Å². The average Bonchev–Trinajstić information content (AvgIpc) is 3.40. The quantitative estimate of drug-likeness (QED) is 0.329. The molecule has 0 aliphatic heterocycles. The van der Waals surface area contributed by atoms with Gasteiger partial charge in [0.2, 0.25) is 11.8 Å². The number of benzene rings is 2. The minimum atomic E-state index is -4.32. The highest BCUT2D eigenvalue weighted by atomic mass is 19.4. The zero-order chi connectivity index (χ0) is 26.4. The van der Waals surface area contributed by atoms with Gasteiger partial charge in [0.1, 0.15) is 5.78 Å². The molecule has 2 heterocycles. The largest absolute Gasteiger partial charge is 0.390 e. The molecular formula is C26H26F3N7O. The summed E-state index contributed by atoms with van der Waals surface area (Å²) in [5, 5.41) is 14.1. The molecule has 2 aromatic carbocycles. The highest BCUT2D eigenvalue weighted by Gasteiger charge is 2.28. The molecule has 0 unspecified atom stereocenters. The van der Waals surface area contributed by atoms with Crippen LogP contribution in [0.15, 0.2) is 54.6 Å². The van der Waals surface area contributed by atoms with E-state index in [9.17, 15) is 18.0 Å².